The van der Waals surface area contributed by atoms with Crippen molar-refractivity contribution in [2.45, 2.75) is 72.4 Å². The molecule has 0 unspecified atom stereocenters. The lowest BCUT2D eigenvalue weighted by Crippen LogP contribution is -2.34. The maximum Gasteiger partial charge on any atom is 0.177 e. The normalized spacial score (nSPS) is 19.1. The number of imidazole rings is 1. The first kappa shape index (κ1) is 25.4. The molecule has 40 heavy (non-hydrogen) atoms. The van der Waals surface area contributed by atoms with Gasteiger partial charge in [0.05, 0.1) is 18.6 Å². The Morgan fingerprint density at radius 2 is 1.88 bits per heavy atom. The second kappa shape index (κ2) is 10.1. The number of pyridine rings is 1. The van der Waals surface area contributed by atoms with Gasteiger partial charge >= 0.3 is 0 Å². The van der Waals surface area contributed by atoms with Crippen LogP contribution in [-0.4, -0.2) is 56.1 Å². The predicted molar refractivity (Wildman–Crippen MR) is 158 cm³/mol. The molecule has 5 heterocycles. The summed E-state index contributed by atoms with van der Waals surface area (Å²) in [5.74, 6) is 3.92. The van der Waals surface area contributed by atoms with E-state index in [0.29, 0.717) is 6.61 Å². The zero-order chi connectivity index (χ0) is 27.3. The Morgan fingerprint density at radius 3 is 2.75 bits per heavy atom. The molecule has 8 heteroatoms. The van der Waals surface area contributed by atoms with E-state index in [2.05, 4.69) is 62.9 Å². The van der Waals surface area contributed by atoms with Gasteiger partial charge in [0.1, 0.15) is 29.8 Å². The minimum absolute atomic E-state index is 0.254. The predicted octanol–water partition coefficient (Wildman–Crippen LogP) is 5.62. The summed E-state index contributed by atoms with van der Waals surface area (Å²) in [4.78, 5) is 27.8. The van der Waals surface area contributed by atoms with Crippen molar-refractivity contribution in [3.8, 4) is 16.9 Å². The molecule has 208 valence electrons. The second-order valence-corrected chi connectivity index (χ2v) is 12.6. The SMILES string of the molecule is Cc1nc2ncc(-c3ccc4c(c3)CN(c3nc(CN5CCCCC5)nc5c3CC(C)(C)CC5)CCO4)cc2[nH]1. The molecular weight excluding hydrogens is 498 g/mol. The van der Waals surface area contributed by atoms with Gasteiger partial charge in [-0.05, 0) is 81.3 Å². The third kappa shape index (κ3) is 5.05. The first-order valence-corrected chi connectivity index (χ1v) is 14.8. The molecule has 0 atom stereocenters. The smallest absolute Gasteiger partial charge is 0.177 e. The lowest BCUT2D eigenvalue weighted by Gasteiger charge is -2.35. The standard InChI is InChI=1S/C32H39N7O/c1-21-34-27-16-23(18-33-30(27)35-21)22-7-8-28-24(15-22)19-39(13-14-40-28)31-25-17-32(2,3)10-9-26(25)36-29(37-31)20-38-11-5-4-6-12-38/h7-8,15-16,18H,4-6,9-14,17,19-20H2,1-3H3,(H,33,34,35). The number of H-pyrrole nitrogens is 1. The number of aromatic amines is 1. The molecule has 1 saturated heterocycles. The van der Waals surface area contributed by atoms with E-state index in [-0.39, 0.29) is 5.41 Å². The molecule has 3 aliphatic rings. The van der Waals surface area contributed by atoms with Gasteiger partial charge in [0, 0.05) is 35.1 Å². The highest BCUT2D eigenvalue weighted by Crippen LogP contribution is 2.39. The first-order chi connectivity index (χ1) is 19.4. The number of aryl methyl sites for hydroxylation is 2. The van der Waals surface area contributed by atoms with E-state index in [4.69, 9.17) is 14.7 Å². The number of rotatable bonds is 4. The molecule has 1 N–H and O–H groups in total. The van der Waals surface area contributed by atoms with Gasteiger partial charge in [-0.3, -0.25) is 4.90 Å². The van der Waals surface area contributed by atoms with E-state index in [0.717, 1.165) is 91.1 Å². The number of ether oxygens (including phenoxy) is 1. The monoisotopic (exact) mass is 537 g/mol. The Kier molecular flexibility index (Phi) is 6.45. The Labute approximate surface area is 236 Å². The van der Waals surface area contributed by atoms with Crippen LogP contribution < -0.4 is 9.64 Å². The summed E-state index contributed by atoms with van der Waals surface area (Å²) in [6, 6.07) is 8.63. The fourth-order valence-electron chi connectivity index (χ4n) is 6.56. The zero-order valence-electron chi connectivity index (χ0n) is 24.0. The molecule has 8 nitrogen and oxygen atoms in total. The Bertz CT molecular complexity index is 1550. The Hall–Kier alpha value is -3.52. The zero-order valence-corrected chi connectivity index (χ0v) is 24.0. The molecule has 0 bridgehead atoms. The van der Waals surface area contributed by atoms with Crippen molar-refractivity contribution in [2.75, 3.05) is 31.1 Å². The van der Waals surface area contributed by atoms with Crippen molar-refractivity contribution in [1.82, 2.24) is 29.8 Å². The summed E-state index contributed by atoms with van der Waals surface area (Å²) in [5, 5.41) is 0. The van der Waals surface area contributed by atoms with Gasteiger partial charge in [0.2, 0.25) is 0 Å². The van der Waals surface area contributed by atoms with Crippen LogP contribution in [0, 0.1) is 12.3 Å². The highest BCUT2D eigenvalue weighted by atomic mass is 16.5. The van der Waals surface area contributed by atoms with Gasteiger partial charge in [0.25, 0.3) is 0 Å². The lowest BCUT2D eigenvalue weighted by molar-refractivity contribution is 0.215. The van der Waals surface area contributed by atoms with Gasteiger partial charge in [-0.1, -0.05) is 26.3 Å². The summed E-state index contributed by atoms with van der Waals surface area (Å²) in [5.41, 5.74) is 7.93. The molecule has 1 aromatic carbocycles. The number of benzene rings is 1. The Morgan fingerprint density at radius 1 is 1.00 bits per heavy atom. The van der Waals surface area contributed by atoms with E-state index < -0.39 is 0 Å². The summed E-state index contributed by atoms with van der Waals surface area (Å²) in [6.07, 6.45) is 9.01. The lowest BCUT2D eigenvalue weighted by atomic mass is 9.76. The molecule has 2 aliphatic heterocycles. The number of piperidine rings is 1. The highest BCUT2D eigenvalue weighted by Gasteiger charge is 2.32. The van der Waals surface area contributed by atoms with Crippen LogP contribution in [0.3, 0.4) is 0 Å². The maximum absolute atomic E-state index is 6.28. The van der Waals surface area contributed by atoms with Gasteiger partial charge in [-0.25, -0.2) is 19.9 Å². The summed E-state index contributed by atoms with van der Waals surface area (Å²) in [7, 11) is 0. The molecular formula is C32H39N7O. The fourth-order valence-corrected chi connectivity index (χ4v) is 6.56. The number of hydrogen-bond donors (Lipinski definition) is 1. The van der Waals surface area contributed by atoms with E-state index >= 15 is 0 Å². The number of fused-ring (bicyclic) bond motifs is 3. The van der Waals surface area contributed by atoms with E-state index in [1.807, 2.05) is 13.1 Å². The first-order valence-electron chi connectivity index (χ1n) is 14.8. The van der Waals surface area contributed by atoms with Crippen molar-refractivity contribution < 1.29 is 4.74 Å². The van der Waals surface area contributed by atoms with E-state index in [1.54, 1.807) is 0 Å². The molecule has 0 radical (unpaired) electrons. The average molecular weight is 538 g/mol. The molecule has 7 rings (SSSR count). The van der Waals surface area contributed by atoms with Crippen LogP contribution in [0.2, 0.25) is 0 Å². The second-order valence-electron chi connectivity index (χ2n) is 12.6. The largest absolute Gasteiger partial charge is 0.491 e. The minimum Gasteiger partial charge on any atom is -0.491 e. The van der Waals surface area contributed by atoms with Crippen LogP contribution in [0.5, 0.6) is 5.75 Å². The fraction of sp³-hybridized carbons (Fsp3) is 0.500. The molecule has 0 amide bonds. The van der Waals surface area contributed by atoms with Crippen LogP contribution in [0.1, 0.15) is 68.0 Å². The van der Waals surface area contributed by atoms with Crippen LogP contribution in [-0.2, 0) is 25.9 Å². The number of likely N-dealkylation sites (tertiary alicyclic amines) is 1. The number of nitrogens with zero attached hydrogens (tertiary/aromatic N) is 6. The molecule has 0 saturated carbocycles. The van der Waals surface area contributed by atoms with E-state index in [1.165, 1.54) is 42.5 Å². The third-order valence-electron chi connectivity index (χ3n) is 8.75. The topological polar surface area (TPSA) is 83.1 Å². The molecule has 0 spiro atoms. The van der Waals surface area contributed by atoms with Crippen LogP contribution >= 0.6 is 0 Å². The van der Waals surface area contributed by atoms with Crippen molar-refractivity contribution in [3.05, 3.63) is 58.9 Å². The van der Waals surface area contributed by atoms with Gasteiger partial charge < -0.3 is 14.6 Å². The van der Waals surface area contributed by atoms with E-state index in [9.17, 15) is 0 Å². The summed E-state index contributed by atoms with van der Waals surface area (Å²) in [6.45, 7) is 12.0. The third-order valence-corrected chi connectivity index (χ3v) is 8.75. The van der Waals surface area contributed by atoms with Crippen LogP contribution in [0.25, 0.3) is 22.3 Å². The average Bonchev–Trinajstić information content (AvgIpc) is 3.19. The molecule has 1 fully saturated rings. The maximum atomic E-state index is 6.28. The van der Waals surface area contributed by atoms with Crippen molar-refractivity contribution >= 4 is 17.0 Å². The van der Waals surface area contributed by atoms with Crippen LogP contribution in [0.15, 0.2) is 30.5 Å². The quantitative estimate of drug-likeness (QED) is 0.362. The number of nitrogens with one attached hydrogen (secondary N) is 1. The molecule has 4 aromatic rings. The van der Waals surface area contributed by atoms with Gasteiger partial charge in [-0.2, -0.15) is 0 Å². The molecule has 1 aliphatic carbocycles. The van der Waals surface area contributed by atoms with Gasteiger partial charge in [-0.15, -0.1) is 0 Å². The number of aromatic nitrogens is 5. The van der Waals surface area contributed by atoms with Gasteiger partial charge in [0.15, 0.2) is 5.65 Å². The Balaban J connectivity index is 1.24. The van der Waals surface area contributed by atoms with Crippen molar-refractivity contribution in [3.63, 3.8) is 0 Å². The van der Waals surface area contributed by atoms with Crippen molar-refractivity contribution in [2.24, 2.45) is 5.41 Å². The summed E-state index contributed by atoms with van der Waals surface area (Å²) >= 11 is 0. The number of hydrogen-bond acceptors (Lipinski definition) is 7. The number of anilines is 1. The summed E-state index contributed by atoms with van der Waals surface area (Å²) < 4.78 is 6.28. The highest BCUT2D eigenvalue weighted by molar-refractivity contribution is 5.78. The molecule has 3 aromatic heterocycles. The van der Waals surface area contributed by atoms with Crippen molar-refractivity contribution in [1.29, 1.82) is 0 Å². The van der Waals surface area contributed by atoms with Crippen LogP contribution in [0.4, 0.5) is 5.82 Å². The minimum atomic E-state index is 0.254.